The molecular formula is C12H21FN4O. The highest BCUT2D eigenvalue weighted by Gasteiger charge is 2.20. The summed E-state index contributed by atoms with van der Waals surface area (Å²) in [4.78, 5) is 8.00. The topological polar surface area (TPSA) is 59.1 Å². The Morgan fingerprint density at radius 1 is 1.44 bits per heavy atom. The number of ether oxygens (including phenoxy) is 1. The molecule has 0 bridgehead atoms. The summed E-state index contributed by atoms with van der Waals surface area (Å²) in [5, 5.41) is 6.03. The first-order valence-electron chi connectivity index (χ1n) is 6.02. The lowest BCUT2D eigenvalue weighted by Gasteiger charge is -2.26. The van der Waals surface area contributed by atoms with Crippen LogP contribution < -0.4 is 10.6 Å². The maximum absolute atomic E-state index is 13.6. The Kier molecular flexibility index (Phi) is 5.27. The van der Waals surface area contributed by atoms with E-state index in [9.17, 15) is 4.39 Å². The van der Waals surface area contributed by atoms with Gasteiger partial charge in [0, 0.05) is 13.7 Å². The fraction of sp³-hybridized carbons (Fsp3) is 0.667. The molecule has 0 aromatic carbocycles. The number of hydrogen-bond acceptors (Lipinski definition) is 5. The first kappa shape index (κ1) is 14.6. The fourth-order valence-electron chi connectivity index (χ4n) is 1.49. The van der Waals surface area contributed by atoms with Gasteiger partial charge in [0.15, 0.2) is 11.6 Å². The van der Waals surface area contributed by atoms with E-state index in [0.29, 0.717) is 12.6 Å². The molecule has 5 nitrogen and oxygen atoms in total. The second kappa shape index (κ2) is 6.49. The van der Waals surface area contributed by atoms with Gasteiger partial charge in [0.2, 0.25) is 5.95 Å². The van der Waals surface area contributed by atoms with Gasteiger partial charge < -0.3 is 15.4 Å². The molecule has 0 aliphatic carbocycles. The zero-order chi connectivity index (χ0) is 13.6. The van der Waals surface area contributed by atoms with E-state index < -0.39 is 11.4 Å². The van der Waals surface area contributed by atoms with E-state index in [0.717, 1.165) is 19.2 Å². The molecule has 102 valence electrons. The van der Waals surface area contributed by atoms with Crippen LogP contribution in [0.1, 0.15) is 27.2 Å². The molecule has 0 aliphatic heterocycles. The van der Waals surface area contributed by atoms with E-state index in [1.165, 1.54) is 0 Å². The van der Waals surface area contributed by atoms with Gasteiger partial charge in [-0.1, -0.05) is 6.92 Å². The lowest BCUT2D eigenvalue weighted by molar-refractivity contribution is 0.158. The third-order valence-corrected chi connectivity index (χ3v) is 2.24. The number of aromatic nitrogens is 2. The highest BCUT2D eigenvalue weighted by Crippen LogP contribution is 2.17. The maximum atomic E-state index is 13.6. The van der Waals surface area contributed by atoms with Crippen molar-refractivity contribution in [2.75, 3.05) is 30.9 Å². The highest BCUT2D eigenvalue weighted by molar-refractivity contribution is 5.43. The minimum absolute atomic E-state index is 0.186. The summed E-state index contributed by atoms with van der Waals surface area (Å²) in [6, 6.07) is 0. The molecule has 1 aromatic heterocycles. The van der Waals surface area contributed by atoms with Crippen LogP contribution in [0.15, 0.2) is 6.20 Å². The smallest absolute Gasteiger partial charge is 0.224 e. The van der Waals surface area contributed by atoms with E-state index in [-0.39, 0.29) is 5.82 Å². The van der Waals surface area contributed by atoms with Crippen molar-refractivity contribution in [3.8, 4) is 0 Å². The van der Waals surface area contributed by atoms with Crippen molar-refractivity contribution in [1.29, 1.82) is 0 Å². The van der Waals surface area contributed by atoms with E-state index >= 15 is 0 Å². The van der Waals surface area contributed by atoms with E-state index in [2.05, 4.69) is 20.6 Å². The van der Waals surface area contributed by atoms with E-state index in [1.807, 2.05) is 20.8 Å². The van der Waals surface area contributed by atoms with Crippen molar-refractivity contribution in [3.63, 3.8) is 0 Å². The number of rotatable bonds is 7. The third-order valence-electron chi connectivity index (χ3n) is 2.24. The van der Waals surface area contributed by atoms with Crippen LogP contribution in [0.4, 0.5) is 16.2 Å². The minimum atomic E-state index is -0.471. The fourth-order valence-corrected chi connectivity index (χ4v) is 1.49. The van der Waals surface area contributed by atoms with Crippen molar-refractivity contribution in [1.82, 2.24) is 9.97 Å². The van der Waals surface area contributed by atoms with Crippen molar-refractivity contribution in [2.45, 2.75) is 32.7 Å². The second-order valence-electron chi connectivity index (χ2n) is 4.76. The van der Waals surface area contributed by atoms with Gasteiger partial charge in [0.05, 0.1) is 18.3 Å². The lowest BCUT2D eigenvalue weighted by atomic mass is 10.1. The Morgan fingerprint density at radius 2 is 2.17 bits per heavy atom. The summed E-state index contributed by atoms with van der Waals surface area (Å²) in [5.41, 5.74) is -0.397. The number of halogens is 1. The molecule has 0 radical (unpaired) electrons. The quantitative estimate of drug-likeness (QED) is 0.783. The number of methoxy groups -OCH3 is 1. The van der Waals surface area contributed by atoms with Gasteiger partial charge in [-0.25, -0.2) is 9.37 Å². The van der Waals surface area contributed by atoms with Crippen LogP contribution in [-0.4, -0.2) is 35.8 Å². The predicted octanol–water partition coefficient (Wildman–Crippen LogP) is 2.27. The van der Waals surface area contributed by atoms with Crippen molar-refractivity contribution >= 4 is 11.8 Å². The Labute approximate surface area is 107 Å². The third kappa shape index (κ3) is 4.44. The number of hydrogen-bond donors (Lipinski definition) is 2. The molecule has 6 heteroatoms. The van der Waals surface area contributed by atoms with Crippen LogP contribution in [0.3, 0.4) is 0 Å². The van der Waals surface area contributed by atoms with Gasteiger partial charge in [0.25, 0.3) is 0 Å². The van der Waals surface area contributed by atoms with Crippen molar-refractivity contribution < 1.29 is 9.13 Å². The lowest BCUT2D eigenvalue weighted by Crippen LogP contribution is -2.36. The number of nitrogens with one attached hydrogen (secondary N) is 2. The van der Waals surface area contributed by atoms with E-state index in [4.69, 9.17) is 4.74 Å². The van der Waals surface area contributed by atoms with Crippen LogP contribution in [0, 0.1) is 5.82 Å². The summed E-state index contributed by atoms with van der Waals surface area (Å²) < 4.78 is 18.7. The van der Waals surface area contributed by atoms with Gasteiger partial charge in [-0.15, -0.1) is 0 Å². The first-order chi connectivity index (χ1) is 8.48. The number of anilines is 2. The minimum Gasteiger partial charge on any atom is -0.382 e. The SMILES string of the molecule is CCCNc1ncc(F)c(NC(C)(C)COC)n1. The molecule has 1 aromatic rings. The summed E-state index contributed by atoms with van der Waals surface area (Å²) in [6.07, 6.45) is 2.12. The summed E-state index contributed by atoms with van der Waals surface area (Å²) in [5.74, 6) is 0.140. The van der Waals surface area contributed by atoms with Crippen LogP contribution in [0.25, 0.3) is 0 Å². The van der Waals surface area contributed by atoms with E-state index in [1.54, 1.807) is 7.11 Å². The molecule has 2 N–H and O–H groups in total. The molecule has 1 heterocycles. The summed E-state index contributed by atoms with van der Waals surface area (Å²) >= 11 is 0. The zero-order valence-corrected chi connectivity index (χ0v) is 11.4. The summed E-state index contributed by atoms with van der Waals surface area (Å²) in [6.45, 7) is 7.08. The van der Waals surface area contributed by atoms with Crippen molar-refractivity contribution in [2.24, 2.45) is 0 Å². The number of nitrogens with zero attached hydrogens (tertiary/aromatic N) is 2. The largest absolute Gasteiger partial charge is 0.382 e. The molecule has 18 heavy (non-hydrogen) atoms. The Bertz CT molecular complexity index is 384. The average molecular weight is 256 g/mol. The molecule has 1 rings (SSSR count). The van der Waals surface area contributed by atoms with Crippen molar-refractivity contribution in [3.05, 3.63) is 12.0 Å². The van der Waals surface area contributed by atoms with Gasteiger partial charge in [0.1, 0.15) is 0 Å². The average Bonchev–Trinajstić information content (AvgIpc) is 2.29. The molecule has 0 amide bonds. The molecule has 0 spiro atoms. The van der Waals surface area contributed by atoms with Crippen LogP contribution in [0.2, 0.25) is 0 Å². The maximum Gasteiger partial charge on any atom is 0.224 e. The first-order valence-corrected chi connectivity index (χ1v) is 6.02. The highest BCUT2D eigenvalue weighted by atomic mass is 19.1. The second-order valence-corrected chi connectivity index (χ2v) is 4.76. The van der Waals surface area contributed by atoms with Crippen LogP contribution in [-0.2, 0) is 4.74 Å². The zero-order valence-electron chi connectivity index (χ0n) is 11.4. The van der Waals surface area contributed by atoms with Gasteiger partial charge in [-0.05, 0) is 20.3 Å². The monoisotopic (exact) mass is 256 g/mol. The van der Waals surface area contributed by atoms with Crippen LogP contribution in [0.5, 0.6) is 0 Å². The molecule has 0 aliphatic rings. The Morgan fingerprint density at radius 3 is 2.78 bits per heavy atom. The van der Waals surface area contributed by atoms with Gasteiger partial charge in [-0.3, -0.25) is 0 Å². The molecule has 0 unspecified atom stereocenters. The standard InChI is InChI=1S/C12H21FN4O/c1-5-6-14-11-15-7-9(13)10(16-11)17-12(2,3)8-18-4/h7H,5-6,8H2,1-4H3,(H2,14,15,16,17). The van der Waals surface area contributed by atoms with Crippen LogP contribution >= 0.6 is 0 Å². The normalized spacial score (nSPS) is 11.4. The predicted molar refractivity (Wildman–Crippen MR) is 70.3 cm³/mol. The molecule has 0 saturated heterocycles. The molecular weight excluding hydrogens is 235 g/mol. The van der Waals surface area contributed by atoms with Gasteiger partial charge in [-0.2, -0.15) is 4.98 Å². The molecule has 0 saturated carbocycles. The molecule has 0 fully saturated rings. The Balaban J connectivity index is 2.80. The Hall–Kier alpha value is -1.43. The van der Waals surface area contributed by atoms with Gasteiger partial charge >= 0.3 is 0 Å². The summed E-state index contributed by atoms with van der Waals surface area (Å²) in [7, 11) is 1.61. The molecule has 0 atom stereocenters.